The summed E-state index contributed by atoms with van der Waals surface area (Å²) in [5.41, 5.74) is 0.337. The number of esters is 1. The number of anilines is 1. The molecule has 1 atom stereocenters. The van der Waals surface area contributed by atoms with Gasteiger partial charge in [0.1, 0.15) is 11.9 Å². The van der Waals surface area contributed by atoms with Crippen molar-refractivity contribution in [3.05, 3.63) is 23.9 Å². The van der Waals surface area contributed by atoms with Crippen molar-refractivity contribution in [3.63, 3.8) is 0 Å². The summed E-state index contributed by atoms with van der Waals surface area (Å²) >= 11 is 0. The molecule has 0 saturated carbocycles. The number of nitrogens with one attached hydrogen (secondary N) is 1. The molecule has 0 saturated heterocycles. The summed E-state index contributed by atoms with van der Waals surface area (Å²) in [5, 5.41) is 11.9. The van der Waals surface area contributed by atoms with Crippen molar-refractivity contribution in [2.24, 2.45) is 5.92 Å². The molecule has 1 aromatic heterocycles. The van der Waals surface area contributed by atoms with Gasteiger partial charge in [-0.05, 0) is 25.0 Å². The minimum atomic E-state index is -0.939. The van der Waals surface area contributed by atoms with Crippen molar-refractivity contribution in [3.8, 4) is 0 Å². The summed E-state index contributed by atoms with van der Waals surface area (Å²) in [6.07, 6.45) is 1.36. The van der Waals surface area contributed by atoms with E-state index in [9.17, 15) is 9.59 Å². The number of hydrogen-bond donors (Lipinski definition) is 2. The Morgan fingerprint density at radius 3 is 2.53 bits per heavy atom. The Kier molecular flexibility index (Phi) is 5.29. The molecule has 0 amide bonds. The van der Waals surface area contributed by atoms with Crippen molar-refractivity contribution in [1.29, 1.82) is 0 Å². The van der Waals surface area contributed by atoms with Crippen LogP contribution in [0, 0.1) is 5.92 Å². The van der Waals surface area contributed by atoms with Gasteiger partial charge in [-0.15, -0.1) is 0 Å². The van der Waals surface area contributed by atoms with Gasteiger partial charge in [-0.25, -0.2) is 14.6 Å². The van der Waals surface area contributed by atoms with Gasteiger partial charge in [0.05, 0.1) is 12.2 Å². The summed E-state index contributed by atoms with van der Waals surface area (Å²) in [4.78, 5) is 26.5. The minimum Gasteiger partial charge on any atom is -0.480 e. The fraction of sp³-hybridized carbons (Fsp3) is 0.462. The van der Waals surface area contributed by atoms with Crippen LogP contribution in [0.5, 0.6) is 0 Å². The Balaban J connectivity index is 2.76. The third-order valence-corrected chi connectivity index (χ3v) is 2.51. The Labute approximate surface area is 111 Å². The van der Waals surface area contributed by atoms with Crippen molar-refractivity contribution >= 4 is 17.8 Å². The van der Waals surface area contributed by atoms with Gasteiger partial charge in [0.25, 0.3) is 0 Å². The molecule has 0 fully saturated rings. The minimum absolute atomic E-state index is 0.0796. The molecule has 0 unspecified atom stereocenters. The molecular weight excluding hydrogens is 248 g/mol. The van der Waals surface area contributed by atoms with Crippen LogP contribution in [0.2, 0.25) is 0 Å². The van der Waals surface area contributed by atoms with Crippen molar-refractivity contribution in [1.82, 2.24) is 4.98 Å². The standard InChI is InChI=1S/C13H18N2O4/c1-4-19-13(18)9-5-6-10(14-7-9)15-11(8(2)3)12(16)17/h5-8,11H,4H2,1-3H3,(H,14,15)(H,16,17)/t11-/m1/s1. The lowest BCUT2D eigenvalue weighted by Crippen LogP contribution is -2.34. The van der Waals surface area contributed by atoms with Crippen LogP contribution in [0.4, 0.5) is 5.82 Å². The van der Waals surface area contributed by atoms with Crippen molar-refractivity contribution in [2.45, 2.75) is 26.8 Å². The lowest BCUT2D eigenvalue weighted by molar-refractivity contribution is -0.138. The van der Waals surface area contributed by atoms with Crippen LogP contribution < -0.4 is 5.32 Å². The largest absolute Gasteiger partial charge is 0.480 e. The molecular formula is C13H18N2O4. The highest BCUT2D eigenvalue weighted by molar-refractivity contribution is 5.89. The molecule has 0 aliphatic carbocycles. The van der Waals surface area contributed by atoms with Gasteiger partial charge in [0, 0.05) is 6.20 Å². The van der Waals surface area contributed by atoms with Gasteiger partial charge in [0.15, 0.2) is 0 Å². The summed E-state index contributed by atoms with van der Waals surface area (Å²) in [7, 11) is 0. The molecule has 6 heteroatoms. The van der Waals surface area contributed by atoms with Crippen LogP contribution in [0.1, 0.15) is 31.1 Å². The first-order chi connectivity index (χ1) is 8.95. The van der Waals surface area contributed by atoms with E-state index in [1.54, 1.807) is 32.9 Å². The highest BCUT2D eigenvalue weighted by atomic mass is 16.5. The first-order valence-corrected chi connectivity index (χ1v) is 6.08. The van der Waals surface area contributed by atoms with Crippen LogP contribution in [0.25, 0.3) is 0 Å². The fourth-order valence-electron chi connectivity index (χ4n) is 1.49. The topological polar surface area (TPSA) is 88.5 Å². The van der Waals surface area contributed by atoms with Gasteiger partial charge in [-0.3, -0.25) is 0 Å². The summed E-state index contributed by atoms with van der Waals surface area (Å²) < 4.78 is 4.83. The van der Waals surface area contributed by atoms with E-state index in [-0.39, 0.29) is 5.92 Å². The van der Waals surface area contributed by atoms with Crippen LogP contribution in [0.3, 0.4) is 0 Å². The molecule has 0 spiro atoms. The number of aromatic nitrogens is 1. The first kappa shape index (κ1) is 14.9. The Morgan fingerprint density at radius 2 is 2.11 bits per heavy atom. The molecule has 19 heavy (non-hydrogen) atoms. The lowest BCUT2D eigenvalue weighted by Gasteiger charge is -2.18. The Morgan fingerprint density at radius 1 is 1.42 bits per heavy atom. The van der Waals surface area contributed by atoms with Crippen LogP contribution >= 0.6 is 0 Å². The number of rotatable bonds is 6. The lowest BCUT2D eigenvalue weighted by atomic mass is 10.1. The van der Waals surface area contributed by atoms with Gasteiger partial charge in [-0.1, -0.05) is 13.8 Å². The van der Waals surface area contributed by atoms with Gasteiger partial charge >= 0.3 is 11.9 Å². The monoisotopic (exact) mass is 266 g/mol. The number of pyridine rings is 1. The molecule has 0 radical (unpaired) electrons. The van der Waals surface area contributed by atoms with E-state index in [0.29, 0.717) is 18.0 Å². The van der Waals surface area contributed by atoms with E-state index < -0.39 is 18.0 Å². The molecule has 2 N–H and O–H groups in total. The normalized spacial score (nSPS) is 12.0. The SMILES string of the molecule is CCOC(=O)c1ccc(N[C@@H](C(=O)O)C(C)C)nc1. The molecule has 0 aromatic carbocycles. The molecule has 0 aliphatic heterocycles. The van der Waals surface area contributed by atoms with Crippen molar-refractivity contribution < 1.29 is 19.4 Å². The van der Waals surface area contributed by atoms with Crippen LogP contribution in [-0.4, -0.2) is 34.7 Å². The second-order valence-corrected chi connectivity index (χ2v) is 4.36. The van der Waals surface area contributed by atoms with E-state index in [2.05, 4.69) is 10.3 Å². The third kappa shape index (κ3) is 4.24. The van der Waals surface area contributed by atoms with E-state index in [1.807, 2.05) is 0 Å². The van der Waals surface area contributed by atoms with E-state index in [1.165, 1.54) is 6.20 Å². The quantitative estimate of drug-likeness (QED) is 0.763. The number of ether oxygens (including phenoxy) is 1. The maximum atomic E-state index is 11.4. The summed E-state index contributed by atoms with van der Waals surface area (Å²) in [6.45, 7) is 5.63. The third-order valence-electron chi connectivity index (χ3n) is 2.51. The highest BCUT2D eigenvalue weighted by Gasteiger charge is 2.21. The molecule has 0 aliphatic rings. The predicted molar refractivity (Wildman–Crippen MR) is 70.1 cm³/mol. The number of aliphatic carboxylic acids is 1. The Hall–Kier alpha value is -2.11. The number of carboxylic acid groups (broad SMARTS) is 1. The number of nitrogens with zero attached hydrogens (tertiary/aromatic N) is 1. The molecule has 1 rings (SSSR count). The van der Waals surface area contributed by atoms with Crippen LogP contribution in [-0.2, 0) is 9.53 Å². The number of carbonyl (C=O) groups excluding carboxylic acids is 1. The van der Waals surface area contributed by atoms with Crippen LogP contribution in [0.15, 0.2) is 18.3 Å². The van der Waals surface area contributed by atoms with Gasteiger partial charge in [-0.2, -0.15) is 0 Å². The van der Waals surface area contributed by atoms with Gasteiger partial charge in [0.2, 0.25) is 0 Å². The van der Waals surface area contributed by atoms with Gasteiger partial charge < -0.3 is 15.2 Å². The van der Waals surface area contributed by atoms with E-state index in [0.717, 1.165) is 0 Å². The predicted octanol–water partition coefficient (Wildman–Crippen LogP) is 1.78. The number of carbonyl (C=O) groups is 2. The average molecular weight is 266 g/mol. The molecule has 1 heterocycles. The summed E-state index contributed by atoms with van der Waals surface area (Å²) in [6, 6.07) is 2.39. The zero-order chi connectivity index (χ0) is 14.4. The second-order valence-electron chi connectivity index (χ2n) is 4.36. The number of hydrogen-bond acceptors (Lipinski definition) is 5. The smallest absolute Gasteiger partial charge is 0.339 e. The zero-order valence-corrected chi connectivity index (χ0v) is 11.2. The molecule has 6 nitrogen and oxygen atoms in total. The zero-order valence-electron chi connectivity index (χ0n) is 11.2. The van der Waals surface area contributed by atoms with E-state index >= 15 is 0 Å². The summed E-state index contributed by atoms with van der Waals surface area (Å²) in [5.74, 6) is -1.05. The Bertz CT molecular complexity index is 442. The molecule has 0 bridgehead atoms. The average Bonchev–Trinajstić information content (AvgIpc) is 2.36. The van der Waals surface area contributed by atoms with E-state index in [4.69, 9.17) is 9.84 Å². The second kappa shape index (κ2) is 6.72. The first-order valence-electron chi connectivity index (χ1n) is 6.08. The maximum absolute atomic E-state index is 11.4. The molecule has 104 valence electrons. The maximum Gasteiger partial charge on any atom is 0.339 e. The fourth-order valence-corrected chi connectivity index (χ4v) is 1.49. The van der Waals surface area contributed by atoms with Crippen molar-refractivity contribution in [2.75, 3.05) is 11.9 Å². The highest BCUT2D eigenvalue weighted by Crippen LogP contribution is 2.12. The molecule has 1 aromatic rings. The number of carboxylic acids is 1.